The first-order valence-electron chi connectivity index (χ1n) is 7.35. The van der Waals surface area contributed by atoms with Crippen LogP contribution in [0.25, 0.3) is 0 Å². The monoisotopic (exact) mass is 299 g/mol. The lowest BCUT2D eigenvalue weighted by atomic mass is 9.84. The van der Waals surface area contributed by atoms with Crippen molar-refractivity contribution in [3.63, 3.8) is 0 Å². The number of hydrogen-bond donors (Lipinski definition) is 0. The highest BCUT2D eigenvalue weighted by atomic mass is 35.5. The van der Waals surface area contributed by atoms with E-state index in [0.29, 0.717) is 11.6 Å². The third-order valence-electron chi connectivity index (χ3n) is 4.07. The Labute approximate surface area is 130 Å². The minimum atomic E-state index is 0.174. The standard InChI is InChI=1S/C18H18ClNO/c19-17-12-5-4-7-15(17)13-20(16-10-2-1-3-11-16)18(21)14-8-6-9-14/h1-5,7,10-12,14H,6,8-9,13H2. The number of para-hydroxylation sites is 1. The zero-order chi connectivity index (χ0) is 14.7. The van der Waals surface area contributed by atoms with E-state index in [4.69, 9.17) is 11.6 Å². The summed E-state index contributed by atoms with van der Waals surface area (Å²) in [5, 5.41) is 0.708. The second kappa shape index (κ2) is 6.31. The predicted molar refractivity (Wildman–Crippen MR) is 86.4 cm³/mol. The maximum Gasteiger partial charge on any atom is 0.230 e. The Morgan fingerprint density at radius 2 is 1.71 bits per heavy atom. The van der Waals surface area contributed by atoms with Gasteiger partial charge in [0.2, 0.25) is 5.91 Å². The molecule has 1 aliphatic rings. The SMILES string of the molecule is O=C(C1CCC1)N(Cc1ccccc1Cl)c1ccccc1. The van der Waals surface area contributed by atoms with Crippen molar-refractivity contribution >= 4 is 23.2 Å². The van der Waals surface area contributed by atoms with Gasteiger partial charge in [-0.05, 0) is 36.6 Å². The van der Waals surface area contributed by atoms with Gasteiger partial charge in [0.25, 0.3) is 0 Å². The highest BCUT2D eigenvalue weighted by molar-refractivity contribution is 6.31. The molecule has 1 amide bonds. The lowest BCUT2D eigenvalue weighted by molar-refractivity contribution is -0.124. The maximum atomic E-state index is 12.7. The largest absolute Gasteiger partial charge is 0.308 e. The highest BCUT2D eigenvalue weighted by Gasteiger charge is 2.30. The molecule has 0 heterocycles. The molecule has 0 unspecified atom stereocenters. The predicted octanol–water partition coefficient (Wildman–Crippen LogP) is 4.67. The summed E-state index contributed by atoms with van der Waals surface area (Å²) in [6.45, 7) is 0.527. The zero-order valence-corrected chi connectivity index (χ0v) is 12.6. The topological polar surface area (TPSA) is 20.3 Å². The molecule has 2 aromatic carbocycles. The average molecular weight is 300 g/mol. The maximum absolute atomic E-state index is 12.7. The number of rotatable bonds is 4. The van der Waals surface area contributed by atoms with Crippen LogP contribution in [0.3, 0.4) is 0 Å². The van der Waals surface area contributed by atoms with Gasteiger partial charge in [-0.2, -0.15) is 0 Å². The van der Waals surface area contributed by atoms with Crippen molar-refractivity contribution in [2.45, 2.75) is 25.8 Å². The van der Waals surface area contributed by atoms with E-state index in [9.17, 15) is 4.79 Å². The summed E-state index contributed by atoms with van der Waals surface area (Å²) < 4.78 is 0. The van der Waals surface area contributed by atoms with E-state index < -0.39 is 0 Å². The number of halogens is 1. The molecule has 0 bridgehead atoms. The molecule has 0 N–H and O–H groups in total. The van der Waals surface area contributed by atoms with Gasteiger partial charge in [-0.1, -0.05) is 54.4 Å². The van der Waals surface area contributed by atoms with Crippen LogP contribution >= 0.6 is 11.6 Å². The lowest BCUT2D eigenvalue weighted by Gasteiger charge is -2.32. The van der Waals surface area contributed by atoms with Gasteiger partial charge in [-0.25, -0.2) is 0 Å². The van der Waals surface area contributed by atoms with Crippen LogP contribution in [0.2, 0.25) is 5.02 Å². The Balaban J connectivity index is 1.89. The van der Waals surface area contributed by atoms with E-state index in [1.165, 1.54) is 0 Å². The molecule has 0 aromatic heterocycles. The number of nitrogens with zero attached hydrogens (tertiary/aromatic N) is 1. The van der Waals surface area contributed by atoms with Gasteiger partial charge in [0.05, 0.1) is 6.54 Å². The summed E-state index contributed by atoms with van der Waals surface area (Å²) in [4.78, 5) is 14.6. The van der Waals surface area contributed by atoms with Crippen LogP contribution in [-0.2, 0) is 11.3 Å². The fraction of sp³-hybridized carbons (Fsp3) is 0.278. The van der Waals surface area contributed by atoms with Gasteiger partial charge in [-0.3, -0.25) is 4.79 Å². The zero-order valence-electron chi connectivity index (χ0n) is 11.8. The first-order valence-corrected chi connectivity index (χ1v) is 7.73. The molecule has 21 heavy (non-hydrogen) atoms. The van der Waals surface area contributed by atoms with Crippen LogP contribution in [0.1, 0.15) is 24.8 Å². The summed E-state index contributed by atoms with van der Waals surface area (Å²) >= 11 is 6.25. The first-order chi connectivity index (χ1) is 10.3. The van der Waals surface area contributed by atoms with Gasteiger partial charge in [0.1, 0.15) is 0 Å². The lowest BCUT2D eigenvalue weighted by Crippen LogP contribution is -2.38. The normalized spacial score (nSPS) is 14.5. The molecule has 2 nitrogen and oxygen atoms in total. The summed E-state index contributed by atoms with van der Waals surface area (Å²) in [5.41, 5.74) is 1.92. The van der Waals surface area contributed by atoms with Gasteiger partial charge in [0.15, 0.2) is 0 Å². The summed E-state index contributed by atoms with van der Waals surface area (Å²) in [7, 11) is 0. The summed E-state index contributed by atoms with van der Waals surface area (Å²) in [6.07, 6.45) is 3.17. The van der Waals surface area contributed by atoms with Crippen LogP contribution in [0, 0.1) is 5.92 Å². The Kier molecular flexibility index (Phi) is 4.26. The number of benzene rings is 2. The Morgan fingerprint density at radius 3 is 2.33 bits per heavy atom. The van der Waals surface area contributed by atoms with Crippen molar-refractivity contribution in [3.8, 4) is 0 Å². The molecular formula is C18H18ClNO. The number of carbonyl (C=O) groups is 1. The number of hydrogen-bond acceptors (Lipinski definition) is 1. The fourth-order valence-corrected chi connectivity index (χ4v) is 2.77. The molecule has 3 rings (SSSR count). The average Bonchev–Trinajstić information content (AvgIpc) is 2.45. The van der Waals surface area contributed by atoms with Gasteiger partial charge < -0.3 is 4.90 Å². The molecule has 1 fully saturated rings. The second-order valence-corrected chi connectivity index (χ2v) is 5.89. The molecule has 0 radical (unpaired) electrons. The van der Waals surface area contributed by atoms with Crippen molar-refractivity contribution in [3.05, 3.63) is 65.2 Å². The van der Waals surface area contributed by atoms with Gasteiger partial charge in [0, 0.05) is 16.6 Å². The third-order valence-corrected chi connectivity index (χ3v) is 4.44. The fourth-order valence-electron chi connectivity index (χ4n) is 2.58. The quantitative estimate of drug-likeness (QED) is 0.803. The molecule has 108 valence electrons. The molecule has 0 atom stereocenters. The molecule has 2 aromatic rings. The van der Waals surface area contributed by atoms with Crippen molar-refractivity contribution < 1.29 is 4.79 Å². The van der Waals surface area contributed by atoms with E-state index in [0.717, 1.165) is 30.5 Å². The summed E-state index contributed by atoms with van der Waals surface area (Å²) in [5.74, 6) is 0.389. The Bertz CT molecular complexity index is 622. The highest BCUT2D eigenvalue weighted by Crippen LogP contribution is 2.31. The molecule has 3 heteroatoms. The first kappa shape index (κ1) is 14.2. The second-order valence-electron chi connectivity index (χ2n) is 5.48. The molecule has 0 aliphatic heterocycles. The van der Waals surface area contributed by atoms with E-state index in [2.05, 4.69) is 0 Å². The van der Waals surface area contributed by atoms with Crippen LogP contribution in [-0.4, -0.2) is 5.91 Å². The minimum Gasteiger partial charge on any atom is -0.308 e. The Morgan fingerprint density at radius 1 is 1.05 bits per heavy atom. The molecule has 1 saturated carbocycles. The number of carbonyl (C=O) groups excluding carboxylic acids is 1. The van der Waals surface area contributed by atoms with E-state index in [1.807, 2.05) is 59.5 Å². The van der Waals surface area contributed by atoms with Gasteiger partial charge in [-0.15, -0.1) is 0 Å². The molecule has 1 aliphatic carbocycles. The van der Waals surface area contributed by atoms with Crippen molar-refractivity contribution in [1.82, 2.24) is 0 Å². The van der Waals surface area contributed by atoms with E-state index >= 15 is 0 Å². The molecular weight excluding hydrogens is 282 g/mol. The van der Waals surface area contributed by atoms with Crippen LogP contribution in [0.4, 0.5) is 5.69 Å². The van der Waals surface area contributed by atoms with Crippen LogP contribution < -0.4 is 4.90 Å². The van der Waals surface area contributed by atoms with Gasteiger partial charge >= 0.3 is 0 Å². The van der Waals surface area contributed by atoms with Crippen LogP contribution in [0.5, 0.6) is 0 Å². The Hall–Kier alpha value is -1.80. The van der Waals surface area contributed by atoms with Crippen LogP contribution in [0.15, 0.2) is 54.6 Å². The smallest absolute Gasteiger partial charge is 0.230 e. The van der Waals surface area contributed by atoms with E-state index in [1.54, 1.807) is 0 Å². The van der Waals surface area contributed by atoms with Crippen molar-refractivity contribution in [1.29, 1.82) is 0 Å². The third kappa shape index (κ3) is 3.11. The molecule has 0 saturated heterocycles. The number of anilines is 1. The minimum absolute atomic E-state index is 0.174. The summed E-state index contributed by atoms with van der Waals surface area (Å²) in [6, 6.07) is 17.6. The van der Waals surface area contributed by atoms with Crippen molar-refractivity contribution in [2.24, 2.45) is 5.92 Å². The molecule has 0 spiro atoms. The number of amides is 1. The van der Waals surface area contributed by atoms with E-state index in [-0.39, 0.29) is 11.8 Å². The van der Waals surface area contributed by atoms with Crippen molar-refractivity contribution in [2.75, 3.05) is 4.90 Å².